The zero-order valence-corrected chi connectivity index (χ0v) is 14.3. The molecule has 0 radical (unpaired) electrons. The van der Waals surface area contributed by atoms with Gasteiger partial charge in [-0.05, 0) is 25.1 Å². The number of H-pyrrole nitrogens is 1. The number of terminal acetylenes is 1. The van der Waals surface area contributed by atoms with Crippen molar-refractivity contribution in [3.8, 4) is 30.0 Å². The van der Waals surface area contributed by atoms with E-state index in [1.807, 2.05) is 19.1 Å². The average Bonchev–Trinajstić information content (AvgIpc) is 2.93. The zero-order chi connectivity index (χ0) is 17.3. The largest absolute Gasteiger partial charge is 0.481 e. The Morgan fingerprint density at radius 3 is 3.04 bits per heavy atom. The van der Waals surface area contributed by atoms with E-state index in [0.29, 0.717) is 17.2 Å². The molecule has 1 aromatic carbocycles. The monoisotopic (exact) mass is 384 g/mol. The van der Waals surface area contributed by atoms with Crippen LogP contribution in [0, 0.1) is 30.6 Å². The van der Waals surface area contributed by atoms with Crippen molar-refractivity contribution in [2.45, 2.75) is 12.8 Å². The Morgan fingerprint density at radius 1 is 1.54 bits per heavy atom. The van der Waals surface area contributed by atoms with Gasteiger partial charge < -0.3 is 15.2 Å². The van der Waals surface area contributed by atoms with Crippen LogP contribution in [-0.2, 0) is 0 Å². The van der Waals surface area contributed by atoms with E-state index in [-0.39, 0.29) is 12.5 Å². The molecule has 7 heteroatoms. The fourth-order valence-corrected chi connectivity index (χ4v) is 3.08. The Labute approximate surface area is 147 Å². The molecule has 0 saturated carbocycles. The molecule has 1 aromatic heterocycles. The molecule has 3 N–H and O–H groups in total. The number of nitrogens with two attached hydrogens (primary N) is 1. The first-order valence-electron chi connectivity index (χ1n) is 7.05. The third kappa shape index (κ3) is 2.60. The van der Waals surface area contributed by atoms with E-state index in [1.165, 1.54) is 0 Å². The number of aryl methyl sites for hydroxylation is 1. The third-order valence-electron chi connectivity index (χ3n) is 3.72. The molecular formula is C17H13BrN4O2. The van der Waals surface area contributed by atoms with Gasteiger partial charge in [0.15, 0.2) is 0 Å². The molecule has 1 aliphatic rings. The molecule has 1 atom stereocenters. The number of ether oxygens (including phenoxy) is 2. The minimum Gasteiger partial charge on any atom is -0.481 e. The first-order chi connectivity index (χ1) is 11.6. The second kappa shape index (κ2) is 6.31. The summed E-state index contributed by atoms with van der Waals surface area (Å²) in [6, 6.07) is 7.66. The zero-order valence-electron chi connectivity index (χ0n) is 12.8. The molecule has 1 aliphatic heterocycles. The molecule has 0 unspecified atom stereocenters. The molecule has 0 fully saturated rings. The highest BCUT2D eigenvalue weighted by molar-refractivity contribution is 9.10. The third-order valence-corrected chi connectivity index (χ3v) is 4.22. The first kappa shape index (κ1) is 16.0. The quantitative estimate of drug-likeness (QED) is 0.792. The van der Waals surface area contributed by atoms with Crippen LogP contribution in [0.15, 0.2) is 34.1 Å². The Morgan fingerprint density at radius 2 is 2.33 bits per heavy atom. The van der Waals surface area contributed by atoms with Crippen molar-refractivity contribution in [3.63, 3.8) is 0 Å². The van der Waals surface area contributed by atoms with Crippen LogP contribution in [0.25, 0.3) is 0 Å². The molecule has 0 bridgehead atoms. The van der Waals surface area contributed by atoms with Gasteiger partial charge >= 0.3 is 0 Å². The number of aromatic nitrogens is 2. The average molecular weight is 385 g/mol. The van der Waals surface area contributed by atoms with E-state index in [4.69, 9.17) is 21.6 Å². The van der Waals surface area contributed by atoms with Crippen molar-refractivity contribution in [3.05, 3.63) is 50.9 Å². The Kier molecular flexibility index (Phi) is 4.20. The number of hydrogen-bond donors (Lipinski definition) is 2. The summed E-state index contributed by atoms with van der Waals surface area (Å²) >= 11 is 3.46. The van der Waals surface area contributed by atoms with E-state index < -0.39 is 5.92 Å². The van der Waals surface area contributed by atoms with Crippen LogP contribution >= 0.6 is 15.9 Å². The molecule has 120 valence electrons. The molecule has 3 rings (SSSR count). The first-order valence-corrected chi connectivity index (χ1v) is 7.84. The second-order valence-corrected chi connectivity index (χ2v) is 6.08. The summed E-state index contributed by atoms with van der Waals surface area (Å²) in [6.07, 6.45) is 5.29. The lowest BCUT2D eigenvalue weighted by Gasteiger charge is -2.25. The molecule has 24 heavy (non-hydrogen) atoms. The highest BCUT2D eigenvalue weighted by Crippen LogP contribution is 2.45. The maximum Gasteiger partial charge on any atom is 0.244 e. The number of allylic oxidation sites excluding steroid dienone is 1. The van der Waals surface area contributed by atoms with Crippen LogP contribution < -0.4 is 15.2 Å². The lowest BCUT2D eigenvalue weighted by molar-refractivity contribution is 0.359. The van der Waals surface area contributed by atoms with Crippen molar-refractivity contribution >= 4 is 15.9 Å². The fraction of sp³-hybridized carbons (Fsp3) is 0.176. The normalized spacial score (nSPS) is 15.9. The van der Waals surface area contributed by atoms with Crippen molar-refractivity contribution in [2.24, 2.45) is 5.73 Å². The molecule has 0 aliphatic carbocycles. The van der Waals surface area contributed by atoms with E-state index >= 15 is 0 Å². The summed E-state index contributed by atoms with van der Waals surface area (Å²) in [6.45, 7) is 1.98. The SMILES string of the molecule is C#CCOc1ccc(Br)cc1[C@H]1C(C#N)=C(N)Oc2n[nH]c(C)c21. The Hall–Kier alpha value is -2.90. The minimum atomic E-state index is -0.456. The Balaban J connectivity index is 2.24. The van der Waals surface area contributed by atoms with Crippen molar-refractivity contribution in [2.75, 3.05) is 6.61 Å². The van der Waals surface area contributed by atoms with Gasteiger partial charge in [0.2, 0.25) is 11.8 Å². The number of nitrogens with one attached hydrogen (secondary N) is 1. The number of hydrogen-bond acceptors (Lipinski definition) is 5. The van der Waals surface area contributed by atoms with E-state index in [2.05, 4.69) is 38.1 Å². The molecule has 6 nitrogen and oxygen atoms in total. The second-order valence-electron chi connectivity index (χ2n) is 5.17. The molecule has 2 aromatic rings. The van der Waals surface area contributed by atoms with Gasteiger partial charge in [-0.3, -0.25) is 5.10 Å². The highest BCUT2D eigenvalue weighted by atomic mass is 79.9. The molecule has 0 saturated heterocycles. The van der Waals surface area contributed by atoms with Gasteiger partial charge in [0.05, 0.1) is 5.92 Å². The van der Waals surface area contributed by atoms with E-state index in [9.17, 15) is 5.26 Å². The van der Waals surface area contributed by atoms with Crippen molar-refractivity contribution in [1.29, 1.82) is 5.26 Å². The number of rotatable bonds is 3. The number of nitriles is 1. The summed E-state index contributed by atoms with van der Waals surface area (Å²) < 4.78 is 12.0. The van der Waals surface area contributed by atoms with Crippen LogP contribution in [0.5, 0.6) is 11.6 Å². The summed E-state index contributed by atoms with van der Waals surface area (Å²) in [5.74, 6) is 2.95. The standard InChI is InChI=1S/C17H13BrN4O2/c1-3-6-23-13-5-4-10(18)7-11(13)15-12(8-19)16(20)24-17-14(15)9(2)21-22-17/h1,4-5,7,15H,6,20H2,2H3,(H,21,22)/t15-/m0/s1. The molecule has 0 amide bonds. The highest BCUT2D eigenvalue weighted by Gasteiger charge is 2.35. The number of halogens is 1. The summed E-state index contributed by atoms with van der Waals surface area (Å²) in [5, 5.41) is 16.6. The maximum absolute atomic E-state index is 9.60. The minimum absolute atomic E-state index is 0.0318. The number of nitrogens with zero attached hydrogens (tertiary/aromatic N) is 2. The summed E-state index contributed by atoms with van der Waals surface area (Å²) in [5.41, 5.74) is 8.53. The van der Waals surface area contributed by atoms with Crippen LogP contribution in [0.3, 0.4) is 0 Å². The van der Waals surface area contributed by atoms with Crippen molar-refractivity contribution < 1.29 is 9.47 Å². The predicted molar refractivity (Wildman–Crippen MR) is 91.1 cm³/mol. The fourth-order valence-electron chi connectivity index (χ4n) is 2.71. The molecule has 0 spiro atoms. The smallest absolute Gasteiger partial charge is 0.244 e. The van der Waals surface area contributed by atoms with Gasteiger partial charge in [0, 0.05) is 21.3 Å². The lowest BCUT2D eigenvalue weighted by atomic mass is 9.83. The number of benzene rings is 1. The summed E-state index contributed by atoms with van der Waals surface area (Å²) in [7, 11) is 0. The van der Waals surface area contributed by atoms with Gasteiger partial charge in [-0.15, -0.1) is 11.5 Å². The van der Waals surface area contributed by atoms with Gasteiger partial charge in [0.1, 0.15) is 24.0 Å². The van der Waals surface area contributed by atoms with Crippen LogP contribution in [0.2, 0.25) is 0 Å². The van der Waals surface area contributed by atoms with Crippen LogP contribution in [0.4, 0.5) is 0 Å². The van der Waals surface area contributed by atoms with Crippen LogP contribution in [-0.4, -0.2) is 16.8 Å². The number of fused-ring (bicyclic) bond motifs is 1. The van der Waals surface area contributed by atoms with Crippen LogP contribution in [0.1, 0.15) is 22.7 Å². The van der Waals surface area contributed by atoms with E-state index in [1.54, 1.807) is 6.07 Å². The van der Waals surface area contributed by atoms with E-state index in [0.717, 1.165) is 21.3 Å². The van der Waals surface area contributed by atoms with Gasteiger partial charge in [-0.1, -0.05) is 21.9 Å². The maximum atomic E-state index is 9.60. The van der Waals surface area contributed by atoms with Gasteiger partial charge in [0.25, 0.3) is 0 Å². The van der Waals surface area contributed by atoms with Crippen molar-refractivity contribution in [1.82, 2.24) is 10.2 Å². The topological polar surface area (TPSA) is 96.9 Å². The molecular weight excluding hydrogens is 372 g/mol. The molecule has 2 heterocycles. The Bertz CT molecular complexity index is 918. The summed E-state index contributed by atoms with van der Waals surface area (Å²) in [4.78, 5) is 0. The number of aromatic amines is 1. The lowest BCUT2D eigenvalue weighted by Crippen LogP contribution is -2.21. The van der Waals surface area contributed by atoms with Gasteiger partial charge in [-0.2, -0.15) is 5.26 Å². The van der Waals surface area contributed by atoms with Gasteiger partial charge in [-0.25, -0.2) is 0 Å². The predicted octanol–water partition coefficient (Wildman–Crippen LogP) is 2.71.